The fourth-order valence-electron chi connectivity index (χ4n) is 2.35. The Balaban J connectivity index is 2.57. The molecule has 27 heavy (non-hydrogen) atoms. The number of rotatable bonds is 2. The third-order valence-corrected chi connectivity index (χ3v) is 3.36. The monoisotopic (exact) mass is 373 g/mol. The quantitative estimate of drug-likeness (QED) is 0.747. The van der Waals surface area contributed by atoms with E-state index in [9.17, 15) is 9.59 Å². The molecule has 7 heteroatoms. The molecule has 0 N–H and O–H groups in total. The number of benzene rings is 1. The van der Waals surface area contributed by atoms with Crippen LogP contribution in [0.3, 0.4) is 0 Å². The fourth-order valence-corrected chi connectivity index (χ4v) is 2.35. The Morgan fingerprint density at radius 2 is 1.44 bits per heavy atom. The Labute approximate surface area is 159 Å². The van der Waals surface area contributed by atoms with Crippen molar-refractivity contribution in [3.63, 3.8) is 0 Å². The average Bonchev–Trinajstić information content (AvgIpc) is 2.50. The number of fused-ring (bicyclic) bond motifs is 1. The van der Waals surface area contributed by atoms with Crippen LogP contribution in [-0.4, -0.2) is 33.4 Å². The van der Waals surface area contributed by atoms with Crippen molar-refractivity contribution in [2.24, 2.45) is 0 Å². The van der Waals surface area contributed by atoms with Crippen molar-refractivity contribution in [1.29, 1.82) is 0 Å². The molecule has 1 heterocycles. The van der Waals surface area contributed by atoms with Crippen LogP contribution in [0.25, 0.3) is 10.9 Å². The van der Waals surface area contributed by atoms with Gasteiger partial charge in [-0.25, -0.2) is 19.6 Å². The second-order valence-corrected chi connectivity index (χ2v) is 8.14. The number of aromatic nitrogens is 2. The lowest BCUT2D eigenvalue weighted by Gasteiger charge is -2.27. The number of anilines is 1. The summed E-state index contributed by atoms with van der Waals surface area (Å²) < 4.78 is 10.8. The maximum Gasteiger partial charge on any atom is 0.427 e. The van der Waals surface area contributed by atoms with E-state index in [-0.39, 0.29) is 5.95 Å². The zero-order valence-corrected chi connectivity index (χ0v) is 17.0. The first-order valence-corrected chi connectivity index (χ1v) is 8.93. The van der Waals surface area contributed by atoms with E-state index in [1.54, 1.807) is 41.5 Å². The Bertz CT molecular complexity index is 822. The van der Waals surface area contributed by atoms with Crippen molar-refractivity contribution in [2.45, 2.75) is 66.1 Å². The van der Waals surface area contributed by atoms with E-state index in [4.69, 9.17) is 9.47 Å². The summed E-state index contributed by atoms with van der Waals surface area (Å²) in [5.41, 5.74) is -0.215. The number of para-hydroxylation sites is 1. The molecule has 0 fully saturated rings. The second-order valence-electron chi connectivity index (χ2n) is 8.14. The van der Waals surface area contributed by atoms with E-state index in [0.29, 0.717) is 11.9 Å². The van der Waals surface area contributed by atoms with Gasteiger partial charge < -0.3 is 9.47 Å². The van der Waals surface area contributed by atoms with Gasteiger partial charge in [-0.15, -0.1) is 4.90 Å². The Hall–Kier alpha value is -2.70. The molecule has 146 valence electrons. The lowest BCUT2D eigenvalue weighted by atomic mass is 10.1. The third-order valence-electron chi connectivity index (χ3n) is 3.36. The predicted molar refractivity (Wildman–Crippen MR) is 104 cm³/mol. The van der Waals surface area contributed by atoms with Gasteiger partial charge in [0, 0.05) is 5.39 Å². The van der Waals surface area contributed by atoms with E-state index < -0.39 is 23.4 Å². The van der Waals surface area contributed by atoms with Crippen molar-refractivity contribution in [2.75, 3.05) is 4.90 Å². The topological polar surface area (TPSA) is 81.6 Å². The minimum Gasteiger partial charge on any atom is -0.443 e. The van der Waals surface area contributed by atoms with Crippen molar-refractivity contribution in [1.82, 2.24) is 9.97 Å². The summed E-state index contributed by atoms with van der Waals surface area (Å²) in [5, 5.41) is 0.872. The van der Waals surface area contributed by atoms with Crippen molar-refractivity contribution < 1.29 is 19.1 Å². The first kappa shape index (κ1) is 20.6. The summed E-state index contributed by atoms with van der Waals surface area (Å²) in [6.45, 7) is 12.3. The van der Waals surface area contributed by atoms with E-state index in [2.05, 4.69) is 9.97 Å². The molecule has 0 spiro atoms. The van der Waals surface area contributed by atoms with Gasteiger partial charge in [-0.3, -0.25) is 0 Å². The molecule has 1 aromatic heterocycles. The molecular formula is C20H27N3O4. The maximum absolute atomic E-state index is 12.7. The first-order chi connectivity index (χ1) is 12.4. The molecule has 0 radical (unpaired) electrons. The highest BCUT2D eigenvalue weighted by Crippen LogP contribution is 2.23. The zero-order valence-electron chi connectivity index (χ0n) is 17.0. The van der Waals surface area contributed by atoms with Crippen LogP contribution in [0.4, 0.5) is 15.5 Å². The van der Waals surface area contributed by atoms with E-state index in [1.807, 2.05) is 31.2 Å². The maximum atomic E-state index is 12.7. The second kappa shape index (κ2) is 7.50. The molecular weight excluding hydrogens is 346 g/mol. The molecule has 0 unspecified atom stereocenters. The highest BCUT2D eigenvalue weighted by molar-refractivity contribution is 6.08. The predicted octanol–water partition coefficient (Wildman–Crippen LogP) is 4.87. The van der Waals surface area contributed by atoms with Crippen LogP contribution < -0.4 is 4.90 Å². The van der Waals surface area contributed by atoms with Crippen LogP contribution in [0, 0.1) is 0 Å². The van der Waals surface area contributed by atoms with Gasteiger partial charge in [0.1, 0.15) is 11.2 Å². The number of amides is 2. The molecule has 7 nitrogen and oxygen atoms in total. The summed E-state index contributed by atoms with van der Waals surface area (Å²) in [5.74, 6) is -0.0611. The number of imide groups is 1. The minimum atomic E-state index is -0.880. The van der Waals surface area contributed by atoms with E-state index in [0.717, 1.165) is 16.0 Å². The standard InChI is InChI=1S/C20H27N3O4/c1-8-14-13-11-9-10-12-15(13)22-16(21-14)23(17(24)26-19(2,3)4)18(25)27-20(5,6)7/h9-12H,8H2,1-7H3. The number of nitrogens with zero attached hydrogens (tertiary/aromatic N) is 3. The molecule has 1 aromatic carbocycles. The molecule has 0 aliphatic carbocycles. The van der Waals surface area contributed by atoms with Gasteiger partial charge in [0.05, 0.1) is 11.2 Å². The molecule has 0 saturated heterocycles. The first-order valence-electron chi connectivity index (χ1n) is 8.93. The van der Waals surface area contributed by atoms with Gasteiger partial charge in [0.25, 0.3) is 0 Å². The van der Waals surface area contributed by atoms with Gasteiger partial charge in [-0.2, -0.15) is 0 Å². The summed E-state index contributed by atoms with van der Waals surface area (Å²) in [7, 11) is 0. The summed E-state index contributed by atoms with van der Waals surface area (Å²) in [4.78, 5) is 35.1. The van der Waals surface area contributed by atoms with Gasteiger partial charge >= 0.3 is 12.2 Å². The normalized spacial score (nSPS) is 12.0. The Morgan fingerprint density at radius 1 is 0.926 bits per heavy atom. The summed E-state index contributed by atoms with van der Waals surface area (Å²) in [6, 6.07) is 7.44. The number of carbonyl (C=O) groups is 2. The van der Waals surface area contributed by atoms with E-state index in [1.165, 1.54) is 0 Å². The Morgan fingerprint density at radius 3 is 1.93 bits per heavy atom. The smallest absolute Gasteiger partial charge is 0.427 e. The van der Waals surface area contributed by atoms with Crippen LogP contribution in [0.15, 0.2) is 24.3 Å². The lowest BCUT2D eigenvalue weighted by Crippen LogP contribution is -2.44. The number of ether oxygens (including phenoxy) is 2. The van der Waals surface area contributed by atoms with Crippen molar-refractivity contribution in [3.05, 3.63) is 30.0 Å². The average molecular weight is 373 g/mol. The van der Waals surface area contributed by atoms with Gasteiger partial charge in [-0.1, -0.05) is 25.1 Å². The minimum absolute atomic E-state index is 0.0611. The fraction of sp³-hybridized carbons (Fsp3) is 0.500. The number of hydrogen-bond acceptors (Lipinski definition) is 6. The number of carbonyl (C=O) groups excluding carboxylic acids is 2. The zero-order chi connectivity index (χ0) is 20.4. The third kappa shape index (κ3) is 5.39. The van der Waals surface area contributed by atoms with Crippen LogP contribution in [0.1, 0.15) is 54.2 Å². The van der Waals surface area contributed by atoms with Crippen molar-refractivity contribution >= 4 is 29.0 Å². The highest BCUT2D eigenvalue weighted by Gasteiger charge is 2.35. The Kier molecular flexibility index (Phi) is 5.73. The lowest BCUT2D eigenvalue weighted by molar-refractivity contribution is 0.0427. The highest BCUT2D eigenvalue weighted by atomic mass is 16.6. The van der Waals surface area contributed by atoms with Crippen LogP contribution >= 0.6 is 0 Å². The van der Waals surface area contributed by atoms with Gasteiger partial charge in [0.15, 0.2) is 0 Å². The molecule has 2 amide bonds. The SMILES string of the molecule is CCc1nc(N(C(=O)OC(C)(C)C)C(=O)OC(C)(C)C)nc2ccccc12. The largest absolute Gasteiger partial charge is 0.443 e. The summed E-state index contributed by atoms with van der Waals surface area (Å²) in [6.07, 6.45) is -1.14. The van der Waals surface area contributed by atoms with Crippen LogP contribution in [-0.2, 0) is 15.9 Å². The molecule has 2 rings (SSSR count). The van der Waals surface area contributed by atoms with Crippen molar-refractivity contribution in [3.8, 4) is 0 Å². The van der Waals surface area contributed by atoms with Crippen LogP contribution in [0.5, 0.6) is 0 Å². The molecule has 2 aromatic rings. The van der Waals surface area contributed by atoms with Crippen LogP contribution in [0.2, 0.25) is 0 Å². The molecule has 0 atom stereocenters. The molecule has 0 bridgehead atoms. The van der Waals surface area contributed by atoms with Gasteiger partial charge in [-0.05, 0) is 54.0 Å². The molecule has 0 aliphatic rings. The molecule has 0 saturated carbocycles. The summed E-state index contributed by atoms with van der Waals surface area (Å²) >= 11 is 0. The number of aryl methyl sites for hydroxylation is 1. The molecule has 0 aliphatic heterocycles. The van der Waals surface area contributed by atoms with Gasteiger partial charge in [0.2, 0.25) is 5.95 Å². The number of hydrogen-bond donors (Lipinski definition) is 0. The van der Waals surface area contributed by atoms with E-state index >= 15 is 0 Å².